The first-order valence-corrected chi connectivity index (χ1v) is 6.48. The number of hydrogen-bond donors (Lipinski definition) is 0. The van der Waals surface area contributed by atoms with Crippen molar-refractivity contribution in [2.75, 3.05) is 0 Å². The van der Waals surface area contributed by atoms with Crippen LogP contribution in [-0.4, -0.2) is 9.13 Å². The molecule has 0 spiro atoms. The van der Waals surface area contributed by atoms with Crippen LogP contribution in [0.15, 0.2) is 38.7 Å². The van der Waals surface area contributed by atoms with Crippen molar-refractivity contribution in [3.63, 3.8) is 0 Å². The quantitative estimate of drug-likeness (QED) is 0.821. The van der Waals surface area contributed by atoms with Crippen molar-refractivity contribution in [3.8, 4) is 0 Å². The van der Waals surface area contributed by atoms with E-state index in [1.807, 2.05) is 23.8 Å². The van der Waals surface area contributed by atoms with E-state index in [2.05, 4.69) is 0 Å². The fraction of sp³-hybridized carbons (Fsp3) is 0.333. The molecule has 0 radical (unpaired) electrons. The summed E-state index contributed by atoms with van der Waals surface area (Å²) < 4.78 is 2.83. The Labute approximate surface area is 103 Å². The van der Waals surface area contributed by atoms with E-state index < -0.39 is 0 Å². The van der Waals surface area contributed by atoms with Gasteiger partial charge >= 0.3 is 5.69 Å². The molecule has 5 heteroatoms. The molecule has 0 bridgehead atoms. The maximum atomic E-state index is 11.9. The van der Waals surface area contributed by atoms with Gasteiger partial charge in [-0.25, -0.2) is 4.79 Å². The number of nitrogens with zero attached hydrogens (tertiary/aromatic N) is 2. The first-order valence-electron chi connectivity index (χ1n) is 5.53. The number of rotatable bonds is 4. The van der Waals surface area contributed by atoms with Crippen LogP contribution in [0.25, 0.3) is 0 Å². The molecule has 0 atom stereocenters. The van der Waals surface area contributed by atoms with Gasteiger partial charge in [-0.3, -0.25) is 9.36 Å². The van der Waals surface area contributed by atoms with E-state index in [0.717, 1.165) is 5.56 Å². The van der Waals surface area contributed by atoms with Crippen LogP contribution in [0.1, 0.15) is 12.5 Å². The molecule has 0 saturated carbocycles. The maximum Gasteiger partial charge on any atom is 0.330 e. The van der Waals surface area contributed by atoms with Gasteiger partial charge in [-0.15, -0.1) is 0 Å². The van der Waals surface area contributed by atoms with Crippen molar-refractivity contribution >= 4 is 11.3 Å². The summed E-state index contributed by atoms with van der Waals surface area (Å²) in [5, 5.41) is 4.03. The summed E-state index contributed by atoms with van der Waals surface area (Å²) in [6.45, 7) is 2.90. The van der Waals surface area contributed by atoms with Gasteiger partial charge in [0.15, 0.2) is 0 Å². The van der Waals surface area contributed by atoms with Crippen molar-refractivity contribution in [1.82, 2.24) is 9.13 Å². The topological polar surface area (TPSA) is 44.0 Å². The fourth-order valence-corrected chi connectivity index (χ4v) is 2.38. The Hall–Kier alpha value is -1.62. The Kier molecular flexibility index (Phi) is 3.58. The average molecular weight is 250 g/mol. The molecule has 17 heavy (non-hydrogen) atoms. The van der Waals surface area contributed by atoms with Crippen LogP contribution in [0.2, 0.25) is 0 Å². The average Bonchev–Trinajstić information content (AvgIpc) is 2.82. The van der Waals surface area contributed by atoms with Gasteiger partial charge in [0, 0.05) is 25.4 Å². The molecule has 90 valence electrons. The summed E-state index contributed by atoms with van der Waals surface area (Å²) in [6, 6.07) is 3.45. The highest BCUT2D eigenvalue weighted by molar-refractivity contribution is 7.07. The van der Waals surface area contributed by atoms with E-state index >= 15 is 0 Å². The van der Waals surface area contributed by atoms with Gasteiger partial charge in [0.1, 0.15) is 0 Å². The molecule has 0 fully saturated rings. The first-order chi connectivity index (χ1) is 8.22. The van der Waals surface area contributed by atoms with Crippen LogP contribution in [0.5, 0.6) is 0 Å². The van der Waals surface area contributed by atoms with Gasteiger partial charge in [-0.2, -0.15) is 11.3 Å². The monoisotopic (exact) mass is 250 g/mol. The number of aryl methyl sites for hydroxylation is 2. The molecule has 0 amide bonds. The molecule has 2 rings (SSSR count). The predicted octanol–water partition coefficient (Wildman–Crippen LogP) is 1.33. The minimum absolute atomic E-state index is 0.227. The lowest BCUT2D eigenvalue weighted by atomic mass is 10.2. The van der Waals surface area contributed by atoms with E-state index in [1.54, 1.807) is 17.5 Å². The zero-order valence-corrected chi connectivity index (χ0v) is 10.4. The molecule has 0 unspecified atom stereocenters. The lowest BCUT2D eigenvalue weighted by Gasteiger charge is -2.07. The number of hydrogen-bond acceptors (Lipinski definition) is 3. The Morgan fingerprint density at radius 2 is 2.12 bits per heavy atom. The van der Waals surface area contributed by atoms with E-state index in [1.165, 1.54) is 15.2 Å². The van der Waals surface area contributed by atoms with E-state index in [9.17, 15) is 9.59 Å². The smallest absolute Gasteiger partial charge is 0.301 e. The van der Waals surface area contributed by atoms with Crippen LogP contribution >= 0.6 is 11.3 Å². The van der Waals surface area contributed by atoms with Crippen LogP contribution in [0, 0.1) is 0 Å². The molecule has 0 aliphatic carbocycles. The third-order valence-electron chi connectivity index (χ3n) is 2.68. The Bertz CT molecular complexity index is 596. The normalized spacial score (nSPS) is 10.6. The lowest BCUT2D eigenvalue weighted by molar-refractivity contribution is 0.565. The summed E-state index contributed by atoms with van der Waals surface area (Å²) in [5.74, 6) is 0. The molecule has 2 aromatic rings. The molecule has 0 N–H and O–H groups in total. The SMILES string of the molecule is CCn1ccc(=O)n(CCc2ccsc2)c1=O. The standard InChI is InChI=1S/C12H14N2O2S/c1-2-13-6-4-11(15)14(12(13)16)7-3-10-5-8-17-9-10/h4-6,8-9H,2-3,7H2,1H3. The maximum absolute atomic E-state index is 11.9. The second kappa shape index (κ2) is 5.14. The van der Waals surface area contributed by atoms with Gasteiger partial charge in [0.2, 0.25) is 0 Å². The van der Waals surface area contributed by atoms with Crippen molar-refractivity contribution in [3.05, 3.63) is 55.5 Å². The molecule has 0 saturated heterocycles. The van der Waals surface area contributed by atoms with Gasteiger partial charge < -0.3 is 4.57 Å². The minimum atomic E-state index is -0.227. The third-order valence-corrected chi connectivity index (χ3v) is 3.42. The second-order valence-electron chi connectivity index (χ2n) is 3.76. The zero-order valence-electron chi connectivity index (χ0n) is 9.63. The van der Waals surface area contributed by atoms with Crippen molar-refractivity contribution in [2.45, 2.75) is 26.4 Å². The van der Waals surface area contributed by atoms with Crippen LogP contribution in [-0.2, 0) is 19.5 Å². The Morgan fingerprint density at radius 3 is 2.76 bits per heavy atom. The molecule has 4 nitrogen and oxygen atoms in total. The largest absolute Gasteiger partial charge is 0.330 e. The van der Waals surface area contributed by atoms with E-state index in [4.69, 9.17) is 0 Å². The lowest BCUT2D eigenvalue weighted by Crippen LogP contribution is -2.39. The number of thiophene rings is 1. The molecule has 0 aliphatic rings. The Balaban J connectivity index is 2.26. The highest BCUT2D eigenvalue weighted by Crippen LogP contribution is 2.06. The Morgan fingerprint density at radius 1 is 1.29 bits per heavy atom. The molecule has 0 aliphatic heterocycles. The molecular formula is C12H14N2O2S. The summed E-state index contributed by atoms with van der Waals surface area (Å²) >= 11 is 1.62. The second-order valence-corrected chi connectivity index (χ2v) is 4.54. The number of aromatic nitrogens is 2. The summed E-state index contributed by atoms with van der Waals surface area (Å²) in [5.41, 5.74) is 0.707. The van der Waals surface area contributed by atoms with Crippen LogP contribution in [0.4, 0.5) is 0 Å². The molecular weight excluding hydrogens is 236 g/mol. The summed E-state index contributed by atoms with van der Waals surface area (Å²) in [4.78, 5) is 23.5. The van der Waals surface area contributed by atoms with Crippen LogP contribution in [0.3, 0.4) is 0 Å². The third kappa shape index (κ3) is 2.55. The van der Waals surface area contributed by atoms with Crippen molar-refractivity contribution in [1.29, 1.82) is 0 Å². The summed E-state index contributed by atoms with van der Waals surface area (Å²) in [6.07, 6.45) is 2.26. The summed E-state index contributed by atoms with van der Waals surface area (Å²) in [7, 11) is 0. The van der Waals surface area contributed by atoms with Gasteiger partial charge in [0.25, 0.3) is 5.56 Å². The van der Waals surface area contributed by atoms with Gasteiger partial charge in [-0.1, -0.05) is 0 Å². The molecule has 2 heterocycles. The molecule has 2 aromatic heterocycles. The highest BCUT2D eigenvalue weighted by Gasteiger charge is 2.04. The van der Waals surface area contributed by atoms with Gasteiger partial charge in [0.05, 0.1) is 0 Å². The predicted molar refractivity (Wildman–Crippen MR) is 68.7 cm³/mol. The minimum Gasteiger partial charge on any atom is -0.301 e. The zero-order chi connectivity index (χ0) is 12.3. The fourth-order valence-electron chi connectivity index (χ4n) is 1.68. The van der Waals surface area contributed by atoms with E-state index in [0.29, 0.717) is 19.5 Å². The molecule has 0 aromatic carbocycles. The first kappa shape index (κ1) is 11.9. The van der Waals surface area contributed by atoms with Crippen molar-refractivity contribution < 1.29 is 0 Å². The van der Waals surface area contributed by atoms with Crippen molar-refractivity contribution in [2.24, 2.45) is 0 Å². The van der Waals surface area contributed by atoms with E-state index in [-0.39, 0.29) is 11.2 Å². The van der Waals surface area contributed by atoms with Crippen LogP contribution < -0.4 is 11.2 Å². The highest BCUT2D eigenvalue weighted by atomic mass is 32.1. The van der Waals surface area contributed by atoms with Gasteiger partial charge in [-0.05, 0) is 35.7 Å².